The first kappa shape index (κ1) is 12.2. The van der Waals surface area contributed by atoms with Gasteiger partial charge in [0.15, 0.2) is 0 Å². The third kappa shape index (κ3) is 2.36. The highest BCUT2D eigenvalue weighted by molar-refractivity contribution is 5.80. The van der Waals surface area contributed by atoms with Crippen molar-refractivity contribution in [2.24, 2.45) is 5.41 Å². The van der Waals surface area contributed by atoms with Gasteiger partial charge in [0.25, 0.3) is 0 Å². The number of rotatable bonds is 3. The lowest BCUT2D eigenvalue weighted by Gasteiger charge is -2.30. The fourth-order valence-electron chi connectivity index (χ4n) is 2.61. The Balaban J connectivity index is 2.49. The van der Waals surface area contributed by atoms with Gasteiger partial charge in [0, 0.05) is 17.8 Å². The molecule has 0 aliphatic rings. The maximum atomic E-state index is 4.37. The quantitative estimate of drug-likeness (QED) is 0.826. The molecular weight excluding hydrogens is 208 g/mol. The monoisotopic (exact) mass is 230 g/mol. The Morgan fingerprint density at radius 2 is 2.12 bits per heavy atom. The van der Waals surface area contributed by atoms with Crippen molar-refractivity contribution in [3.05, 3.63) is 30.1 Å². The van der Waals surface area contributed by atoms with Gasteiger partial charge in [0.1, 0.15) is 5.65 Å². The summed E-state index contributed by atoms with van der Waals surface area (Å²) in [4.78, 5) is 7.66. The highest BCUT2D eigenvalue weighted by Gasteiger charge is 2.27. The van der Waals surface area contributed by atoms with E-state index in [1.54, 1.807) is 0 Å². The summed E-state index contributed by atoms with van der Waals surface area (Å²) in [5.41, 5.74) is 2.72. The van der Waals surface area contributed by atoms with Crippen molar-refractivity contribution in [2.45, 2.75) is 46.5 Å². The van der Waals surface area contributed by atoms with Crippen LogP contribution in [0.5, 0.6) is 0 Å². The van der Waals surface area contributed by atoms with Crippen LogP contribution in [-0.4, -0.2) is 9.97 Å². The topological polar surface area (TPSA) is 28.7 Å². The van der Waals surface area contributed by atoms with Gasteiger partial charge in [0.05, 0.1) is 0 Å². The number of aromatic amines is 1. The first-order chi connectivity index (χ1) is 8.04. The second kappa shape index (κ2) is 4.52. The zero-order valence-electron chi connectivity index (χ0n) is 11.2. The number of hydrogen-bond donors (Lipinski definition) is 1. The molecule has 0 amide bonds. The van der Waals surface area contributed by atoms with Crippen molar-refractivity contribution in [3.63, 3.8) is 0 Å². The lowest BCUT2D eigenvalue weighted by molar-refractivity contribution is 0.304. The molecule has 0 spiro atoms. The molecule has 2 nitrogen and oxygen atoms in total. The van der Waals surface area contributed by atoms with E-state index < -0.39 is 0 Å². The number of fused-ring (bicyclic) bond motifs is 1. The number of pyridine rings is 1. The minimum Gasteiger partial charge on any atom is -0.346 e. The molecule has 0 saturated heterocycles. The summed E-state index contributed by atoms with van der Waals surface area (Å²) in [5.74, 6) is 0.588. The van der Waals surface area contributed by atoms with Gasteiger partial charge in [-0.3, -0.25) is 0 Å². The number of hydrogen-bond acceptors (Lipinski definition) is 1. The Bertz CT molecular complexity index is 491. The molecule has 0 aliphatic heterocycles. The SMILES string of the molecule is CCCC(c1c[nH]c2ncccc12)C(C)(C)C. The summed E-state index contributed by atoms with van der Waals surface area (Å²) in [5, 5.41) is 1.28. The van der Waals surface area contributed by atoms with Gasteiger partial charge >= 0.3 is 0 Å². The Labute approximate surface area is 103 Å². The van der Waals surface area contributed by atoms with Crippen LogP contribution < -0.4 is 0 Å². The van der Waals surface area contributed by atoms with Crippen molar-refractivity contribution < 1.29 is 0 Å². The molecule has 0 aliphatic carbocycles. The van der Waals surface area contributed by atoms with Crippen LogP contribution in [0.25, 0.3) is 11.0 Å². The molecule has 2 aromatic rings. The van der Waals surface area contributed by atoms with E-state index in [2.05, 4.69) is 49.9 Å². The van der Waals surface area contributed by atoms with Crippen molar-refractivity contribution in [1.82, 2.24) is 9.97 Å². The molecule has 0 saturated carbocycles. The van der Waals surface area contributed by atoms with Gasteiger partial charge in [-0.05, 0) is 35.4 Å². The molecule has 0 fully saturated rings. The number of aromatic nitrogens is 2. The largest absolute Gasteiger partial charge is 0.346 e. The van der Waals surface area contributed by atoms with E-state index in [1.165, 1.54) is 23.8 Å². The molecule has 2 heterocycles. The van der Waals surface area contributed by atoms with Crippen molar-refractivity contribution in [2.75, 3.05) is 0 Å². The predicted octanol–water partition coefficient (Wildman–Crippen LogP) is 4.49. The summed E-state index contributed by atoms with van der Waals surface area (Å²) in [6.07, 6.45) is 6.43. The first-order valence-corrected chi connectivity index (χ1v) is 6.46. The number of nitrogens with zero attached hydrogens (tertiary/aromatic N) is 1. The Morgan fingerprint density at radius 1 is 1.35 bits per heavy atom. The second-order valence-corrected chi connectivity index (χ2v) is 5.85. The molecule has 1 unspecified atom stereocenters. The Kier molecular flexibility index (Phi) is 3.23. The van der Waals surface area contributed by atoms with Gasteiger partial charge in [-0.1, -0.05) is 34.1 Å². The van der Waals surface area contributed by atoms with E-state index in [9.17, 15) is 0 Å². The van der Waals surface area contributed by atoms with E-state index in [0.29, 0.717) is 11.3 Å². The van der Waals surface area contributed by atoms with Crippen molar-refractivity contribution in [1.29, 1.82) is 0 Å². The van der Waals surface area contributed by atoms with Crippen LogP contribution in [0, 0.1) is 5.41 Å². The van der Waals surface area contributed by atoms with Crippen molar-refractivity contribution >= 4 is 11.0 Å². The van der Waals surface area contributed by atoms with Crippen LogP contribution in [0.15, 0.2) is 24.5 Å². The van der Waals surface area contributed by atoms with Crippen LogP contribution in [0.1, 0.15) is 52.0 Å². The smallest absolute Gasteiger partial charge is 0.137 e. The van der Waals surface area contributed by atoms with Crippen LogP contribution in [0.4, 0.5) is 0 Å². The molecular formula is C15H22N2. The van der Waals surface area contributed by atoms with E-state index >= 15 is 0 Å². The molecule has 0 aromatic carbocycles. The van der Waals surface area contributed by atoms with E-state index in [0.717, 1.165) is 5.65 Å². The first-order valence-electron chi connectivity index (χ1n) is 6.46. The lowest BCUT2D eigenvalue weighted by atomic mass is 9.74. The number of nitrogens with one attached hydrogen (secondary N) is 1. The lowest BCUT2D eigenvalue weighted by Crippen LogP contribution is -2.18. The summed E-state index contributed by atoms with van der Waals surface area (Å²) >= 11 is 0. The molecule has 1 N–H and O–H groups in total. The average Bonchev–Trinajstić information content (AvgIpc) is 2.68. The summed E-state index contributed by atoms with van der Waals surface area (Å²) in [7, 11) is 0. The summed E-state index contributed by atoms with van der Waals surface area (Å²) in [6.45, 7) is 9.22. The average molecular weight is 230 g/mol. The second-order valence-electron chi connectivity index (χ2n) is 5.85. The molecule has 2 rings (SSSR count). The molecule has 2 heteroatoms. The van der Waals surface area contributed by atoms with Crippen LogP contribution in [0.3, 0.4) is 0 Å². The van der Waals surface area contributed by atoms with Crippen molar-refractivity contribution in [3.8, 4) is 0 Å². The van der Waals surface area contributed by atoms with Crippen LogP contribution in [-0.2, 0) is 0 Å². The maximum Gasteiger partial charge on any atom is 0.137 e. The summed E-state index contributed by atoms with van der Waals surface area (Å²) < 4.78 is 0. The fourth-order valence-corrected chi connectivity index (χ4v) is 2.61. The van der Waals surface area contributed by atoms with Gasteiger partial charge in [0.2, 0.25) is 0 Å². The van der Waals surface area contributed by atoms with E-state index in [4.69, 9.17) is 0 Å². The third-order valence-electron chi connectivity index (χ3n) is 3.48. The highest BCUT2D eigenvalue weighted by atomic mass is 14.8. The zero-order valence-corrected chi connectivity index (χ0v) is 11.2. The standard InChI is InChI=1S/C15H22N2/c1-5-7-13(15(2,3)4)12-10-17-14-11(12)8-6-9-16-14/h6,8-10,13H,5,7H2,1-4H3,(H,16,17). The predicted molar refractivity (Wildman–Crippen MR) is 73.2 cm³/mol. The molecule has 2 aromatic heterocycles. The Hall–Kier alpha value is -1.31. The highest BCUT2D eigenvalue weighted by Crippen LogP contribution is 2.40. The number of H-pyrrole nitrogens is 1. The maximum absolute atomic E-state index is 4.37. The molecule has 0 radical (unpaired) electrons. The van der Waals surface area contributed by atoms with E-state index in [-0.39, 0.29) is 0 Å². The minimum atomic E-state index is 0.293. The molecule has 1 atom stereocenters. The Morgan fingerprint density at radius 3 is 2.76 bits per heavy atom. The zero-order chi connectivity index (χ0) is 12.5. The summed E-state index contributed by atoms with van der Waals surface area (Å²) in [6, 6.07) is 4.19. The molecule has 92 valence electrons. The van der Waals surface area contributed by atoms with Gasteiger partial charge in [-0.2, -0.15) is 0 Å². The molecule has 17 heavy (non-hydrogen) atoms. The van der Waals surface area contributed by atoms with Gasteiger partial charge < -0.3 is 4.98 Å². The molecule has 0 bridgehead atoms. The van der Waals surface area contributed by atoms with Crippen LogP contribution >= 0.6 is 0 Å². The normalized spacial score (nSPS) is 14.1. The van der Waals surface area contributed by atoms with Crippen LogP contribution in [0.2, 0.25) is 0 Å². The van der Waals surface area contributed by atoms with Gasteiger partial charge in [-0.15, -0.1) is 0 Å². The fraction of sp³-hybridized carbons (Fsp3) is 0.533. The van der Waals surface area contributed by atoms with E-state index in [1.807, 2.05) is 12.3 Å². The third-order valence-corrected chi connectivity index (χ3v) is 3.48. The minimum absolute atomic E-state index is 0.293. The van der Waals surface area contributed by atoms with Gasteiger partial charge in [-0.25, -0.2) is 4.98 Å².